The summed E-state index contributed by atoms with van der Waals surface area (Å²) in [4.78, 5) is 22.3. The van der Waals surface area contributed by atoms with Gasteiger partial charge in [0.25, 0.3) is 0 Å². The molecule has 0 aliphatic heterocycles. The van der Waals surface area contributed by atoms with Crippen LogP contribution in [0.1, 0.15) is 73.1 Å². The molecule has 0 bridgehead atoms. The minimum Gasteiger partial charge on any atom is -0.444 e. The highest BCUT2D eigenvalue weighted by Crippen LogP contribution is 2.32. The number of hydrogen-bond acceptors (Lipinski definition) is 3. The van der Waals surface area contributed by atoms with Crippen LogP contribution in [0, 0.1) is 0 Å². The van der Waals surface area contributed by atoms with Gasteiger partial charge in [-0.05, 0) is 33.6 Å². The van der Waals surface area contributed by atoms with Crippen LogP contribution in [0.15, 0.2) is 0 Å². The van der Waals surface area contributed by atoms with E-state index in [0.717, 1.165) is 32.0 Å². The first-order valence-electron chi connectivity index (χ1n) is 7.23. The lowest BCUT2D eigenvalue weighted by molar-refractivity contribution is -0.109. The Labute approximate surface area is 117 Å². The van der Waals surface area contributed by atoms with E-state index in [9.17, 15) is 9.59 Å². The third-order valence-corrected chi connectivity index (χ3v) is 2.80. The molecule has 1 fully saturated rings. The summed E-state index contributed by atoms with van der Waals surface area (Å²) in [6.07, 6.45) is 5.94. The summed E-state index contributed by atoms with van der Waals surface area (Å²) >= 11 is 0. The van der Waals surface area contributed by atoms with E-state index in [-0.39, 0.29) is 5.54 Å². The first-order chi connectivity index (χ1) is 8.78. The molecule has 0 unspecified atom stereocenters. The standard InChI is InChI=1S/C12H21NO3.C3H8/c1-11(2,3)16-10(15)13-12(8-9-14)6-4-5-7-12;1-3-2/h9H,4-8H2,1-3H3,(H,13,15);3H2,1-2H3. The molecule has 0 spiro atoms. The predicted molar refractivity (Wildman–Crippen MR) is 77.2 cm³/mol. The molecule has 1 rings (SSSR count). The van der Waals surface area contributed by atoms with Crippen molar-refractivity contribution >= 4 is 12.4 Å². The van der Waals surface area contributed by atoms with Gasteiger partial charge in [-0.25, -0.2) is 4.79 Å². The zero-order chi connectivity index (χ0) is 14.9. The van der Waals surface area contributed by atoms with E-state index in [1.165, 1.54) is 6.42 Å². The lowest BCUT2D eigenvalue weighted by Gasteiger charge is -2.30. The van der Waals surface area contributed by atoms with Gasteiger partial charge in [0.05, 0.1) is 0 Å². The second-order valence-electron chi connectivity index (χ2n) is 6.19. The monoisotopic (exact) mass is 271 g/mol. The van der Waals surface area contributed by atoms with E-state index in [1.807, 2.05) is 20.8 Å². The van der Waals surface area contributed by atoms with Crippen molar-refractivity contribution in [2.24, 2.45) is 0 Å². The SMILES string of the molecule is CC(C)(C)OC(=O)NC1(CC=O)CCCC1.CCC. The van der Waals surface area contributed by atoms with Crippen molar-refractivity contribution in [3.8, 4) is 0 Å². The van der Waals surface area contributed by atoms with Gasteiger partial charge in [-0.1, -0.05) is 33.1 Å². The molecule has 4 nitrogen and oxygen atoms in total. The lowest BCUT2D eigenvalue weighted by atomic mass is 9.94. The molecule has 0 aromatic heterocycles. The molecule has 1 saturated carbocycles. The van der Waals surface area contributed by atoms with Crippen molar-refractivity contribution in [2.45, 2.75) is 84.3 Å². The molecule has 4 heteroatoms. The number of ether oxygens (including phenoxy) is 1. The molecule has 1 aliphatic rings. The Balaban J connectivity index is 0.000000982. The number of amides is 1. The maximum Gasteiger partial charge on any atom is 0.408 e. The fourth-order valence-corrected chi connectivity index (χ4v) is 2.11. The van der Waals surface area contributed by atoms with Crippen LogP contribution < -0.4 is 5.32 Å². The molecule has 0 heterocycles. The molecule has 1 aliphatic carbocycles. The van der Waals surface area contributed by atoms with E-state index in [4.69, 9.17) is 4.74 Å². The highest BCUT2D eigenvalue weighted by Gasteiger charge is 2.36. The molecule has 19 heavy (non-hydrogen) atoms. The predicted octanol–water partition coefficient (Wildman–Crippen LogP) is 3.83. The number of rotatable bonds is 3. The third-order valence-electron chi connectivity index (χ3n) is 2.80. The summed E-state index contributed by atoms with van der Waals surface area (Å²) in [5.41, 5.74) is -0.852. The summed E-state index contributed by atoms with van der Waals surface area (Å²) in [6, 6.07) is 0. The van der Waals surface area contributed by atoms with E-state index < -0.39 is 11.7 Å². The van der Waals surface area contributed by atoms with E-state index in [2.05, 4.69) is 19.2 Å². The number of hydrogen-bond donors (Lipinski definition) is 1. The topological polar surface area (TPSA) is 55.4 Å². The summed E-state index contributed by atoms with van der Waals surface area (Å²) in [5, 5.41) is 2.86. The van der Waals surface area contributed by atoms with E-state index in [1.54, 1.807) is 0 Å². The zero-order valence-corrected chi connectivity index (χ0v) is 13.0. The fraction of sp³-hybridized carbons (Fsp3) is 0.867. The van der Waals surface area contributed by atoms with Gasteiger partial charge in [0.2, 0.25) is 0 Å². The summed E-state index contributed by atoms with van der Waals surface area (Å²) in [6.45, 7) is 9.73. The van der Waals surface area contributed by atoms with Gasteiger partial charge in [0.1, 0.15) is 11.9 Å². The fourth-order valence-electron chi connectivity index (χ4n) is 2.11. The number of alkyl carbamates (subject to hydrolysis) is 1. The number of aldehydes is 1. The molecule has 112 valence electrons. The minimum absolute atomic E-state index is 0.357. The second kappa shape index (κ2) is 8.18. The Morgan fingerprint density at radius 3 is 2.11 bits per heavy atom. The summed E-state index contributed by atoms with van der Waals surface area (Å²) in [5.74, 6) is 0. The quantitative estimate of drug-likeness (QED) is 0.794. The number of nitrogens with one attached hydrogen (secondary N) is 1. The van der Waals surface area contributed by atoms with Crippen molar-refractivity contribution in [3.05, 3.63) is 0 Å². The van der Waals surface area contributed by atoms with Gasteiger partial charge in [-0.2, -0.15) is 0 Å². The number of carbonyl (C=O) groups is 2. The van der Waals surface area contributed by atoms with Gasteiger partial charge in [-0.3, -0.25) is 0 Å². The van der Waals surface area contributed by atoms with Crippen LogP contribution in [0.25, 0.3) is 0 Å². The van der Waals surface area contributed by atoms with E-state index >= 15 is 0 Å². The van der Waals surface area contributed by atoms with E-state index in [0.29, 0.717) is 6.42 Å². The zero-order valence-electron chi connectivity index (χ0n) is 13.0. The van der Waals surface area contributed by atoms with Crippen LogP contribution in [-0.2, 0) is 9.53 Å². The highest BCUT2D eigenvalue weighted by molar-refractivity contribution is 5.70. The Hall–Kier alpha value is -1.06. The van der Waals surface area contributed by atoms with Gasteiger partial charge >= 0.3 is 6.09 Å². The average Bonchev–Trinajstić information content (AvgIpc) is 2.64. The normalized spacial score (nSPS) is 17.1. The number of carbonyl (C=O) groups excluding carboxylic acids is 2. The van der Waals surface area contributed by atoms with Gasteiger partial charge in [0.15, 0.2) is 0 Å². The van der Waals surface area contributed by atoms with Crippen molar-refractivity contribution in [1.29, 1.82) is 0 Å². The van der Waals surface area contributed by atoms with Crippen molar-refractivity contribution in [1.82, 2.24) is 5.32 Å². The van der Waals surface area contributed by atoms with Crippen molar-refractivity contribution in [3.63, 3.8) is 0 Å². The van der Waals surface area contributed by atoms with Crippen LogP contribution in [0.3, 0.4) is 0 Å². The van der Waals surface area contributed by atoms with Crippen LogP contribution in [-0.4, -0.2) is 23.5 Å². The Morgan fingerprint density at radius 1 is 1.26 bits per heavy atom. The molecule has 0 aromatic carbocycles. The molecule has 0 saturated heterocycles. The maximum absolute atomic E-state index is 11.6. The smallest absolute Gasteiger partial charge is 0.408 e. The Kier molecular flexibility index (Phi) is 7.72. The first kappa shape index (κ1) is 17.9. The van der Waals surface area contributed by atoms with Gasteiger partial charge in [-0.15, -0.1) is 0 Å². The van der Waals surface area contributed by atoms with Crippen LogP contribution in [0.4, 0.5) is 4.79 Å². The molecule has 1 N–H and O–H groups in total. The molecule has 0 atom stereocenters. The van der Waals surface area contributed by atoms with Crippen LogP contribution >= 0.6 is 0 Å². The first-order valence-corrected chi connectivity index (χ1v) is 7.23. The minimum atomic E-state index is -0.495. The third kappa shape index (κ3) is 7.85. The largest absolute Gasteiger partial charge is 0.444 e. The van der Waals surface area contributed by atoms with Gasteiger partial charge < -0.3 is 14.8 Å². The van der Waals surface area contributed by atoms with Crippen molar-refractivity contribution < 1.29 is 14.3 Å². The van der Waals surface area contributed by atoms with Gasteiger partial charge in [0, 0.05) is 12.0 Å². The van der Waals surface area contributed by atoms with Crippen LogP contribution in [0.5, 0.6) is 0 Å². The van der Waals surface area contributed by atoms with Crippen molar-refractivity contribution in [2.75, 3.05) is 0 Å². The highest BCUT2D eigenvalue weighted by atomic mass is 16.6. The maximum atomic E-state index is 11.6. The second-order valence-corrected chi connectivity index (χ2v) is 6.19. The molecular weight excluding hydrogens is 242 g/mol. The Bertz CT molecular complexity index is 276. The average molecular weight is 271 g/mol. The summed E-state index contributed by atoms with van der Waals surface area (Å²) in [7, 11) is 0. The van der Waals surface area contributed by atoms with Crippen LogP contribution in [0.2, 0.25) is 0 Å². The summed E-state index contributed by atoms with van der Waals surface area (Å²) < 4.78 is 5.21. The molecule has 0 radical (unpaired) electrons. The lowest BCUT2D eigenvalue weighted by Crippen LogP contribution is -2.48. The molecule has 0 aromatic rings. The Morgan fingerprint density at radius 2 is 1.74 bits per heavy atom. The molecule has 1 amide bonds. The molecular formula is C15H29NO3.